The van der Waals surface area contributed by atoms with Crippen molar-refractivity contribution >= 4 is 5.97 Å². The highest BCUT2D eigenvalue weighted by Gasteiger charge is 2.41. The Morgan fingerprint density at radius 3 is 2.10 bits per heavy atom. The van der Waals surface area contributed by atoms with Crippen molar-refractivity contribution in [3.8, 4) is 0 Å². The maximum atomic E-state index is 12.9. The van der Waals surface area contributed by atoms with Crippen molar-refractivity contribution < 1.29 is 19.1 Å². The molecule has 0 bridgehead atoms. The summed E-state index contributed by atoms with van der Waals surface area (Å²) in [5, 5.41) is 12.9. The quantitative estimate of drug-likeness (QED) is 0.441. The van der Waals surface area contributed by atoms with Crippen LogP contribution in [0.2, 0.25) is 0 Å². The molecule has 1 unspecified atom stereocenters. The molecule has 164 valence electrons. The molecule has 1 atom stereocenters. The van der Waals surface area contributed by atoms with E-state index >= 15 is 0 Å². The number of ether oxygens (including phenoxy) is 1. The molecule has 0 aliphatic heterocycles. The first-order valence-corrected chi connectivity index (χ1v) is 10.9. The Balaban J connectivity index is 2.55. The maximum absolute atomic E-state index is 12.9. The highest BCUT2D eigenvalue weighted by molar-refractivity contribution is 5.70. The summed E-state index contributed by atoms with van der Waals surface area (Å²) in [6, 6.07) is 18.8. The van der Waals surface area contributed by atoms with Crippen molar-refractivity contribution in [1.82, 2.24) is 0 Å². The van der Waals surface area contributed by atoms with Gasteiger partial charge in [0.2, 0.25) is 0 Å². The summed E-state index contributed by atoms with van der Waals surface area (Å²) in [5.74, 6) is -0.208. The third-order valence-corrected chi connectivity index (χ3v) is 6.81. The summed E-state index contributed by atoms with van der Waals surface area (Å²) in [5.41, 5.74) is 2.59. The summed E-state index contributed by atoms with van der Waals surface area (Å²) in [6.45, 7) is 11.4. The third kappa shape index (κ3) is 4.93. The van der Waals surface area contributed by atoms with Crippen LogP contribution in [0.25, 0.3) is 0 Å². The third-order valence-electron chi connectivity index (χ3n) is 6.81. The minimum Gasteiger partial charge on any atom is -0.854 e. The topological polar surface area (TPSA) is 49.4 Å². The molecule has 0 saturated heterocycles. The maximum Gasteiger partial charge on any atom is 0.361 e. The van der Waals surface area contributed by atoms with Gasteiger partial charge in [0.25, 0.3) is 0 Å². The van der Waals surface area contributed by atoms with Crippen LogP contribution in [0.15, 0.2) is 54.6 Å². The number of esters is 1. The fourth-order valence-electron chi connectivity index (χ4n) is 4.65. The Morgan fingerprint density at radius 1 is 1.00 bits per heavy atom. The summed E-state index contributed by atoms with van der Waals surface area (Å²) in [7, 11) is 1.44. The largest absolute Gasteiger partial charge is 0.854 e. The average molecular weight is 412 g/mol. The molecule has 0 N–H and O–H groups in total. The van der Waals surface area contributed by atoms with E-state index in [1.807, 2.05) is 24.3 Å². The molecule has 30 heavy (non-hydrogen) atoms. The molecule has 0 spiro atoms. The van der Waals surface area contributed by atoms with E-state index in [2.05, 4.69) is 65.0 Å². The number of nitrogens with zero attached hydrogens (tertiary/aromatic N) is 1. The molecule has 0 amide bonds. The molecular formula is C26H37NO3. The predicted octanol–water partition coefficient (Wildman–Crippen LogP) is 3.84. The first-order chi connectivity index (χ1) is 14.2. The van der Waals surface area contributed by atoms with E-state index in [4.69, 9.17) is 4.74 Å². The number of methoxy groups -OCH3 is 1. The van der Waals surface area contributed by atoms with Gasteiger partial charge >= 0.3 is 5.97 Å². The number of hydrogen-bond donors (Lipinski definition) is 0. The van der Waals surface area contributed by atoms with Crippen molar-refractivity contribution in [3.63, 3.8) is 0 Å². The Labute approximate surface area is 182 Å². The highest BCUT2D eigenvalue weighted by Crippen LogP contribution is 2.37. The van der Waals surface area contributed by atoms with Crippen LogP contribution in [0.3, 0.4) is 0 Å². The van der Waals surface area contributed by atoms with Crippen molar-refractivity contribution in [2.24, 2.45) is 0 Å². The summed E-state index contributed by atoms with van der Waals surface area (Å²) in [6.07, 6.45) is 0.664. The van der Waals surface area contributed by atoms with Gasteiger partial charge in [0.1, 0.15) is 0 Å². The van der Waals surface area contributed by atoms with Crippen LogP contribution in [0.5, 0.6) is 0 Å². The monoisotopic (exact) mass is 411 g/mol. The van der Waals surface area contributed by atoms with Crippen LogP contribution < -0.4 is 5.11 Å². The van der Waals surface area contributed by atoms with Crippen LogP contribution in [0.1, 0.15) is 50.8 Å². The molecule has 0 aliphatic carbocycles. The number of aryl methyl sites for hydroxylation is 1. The lowest BCUT2D eigenvalue weighted by atomic mass is 9.72. The van der Waals surface area contributed by atoms with E-state index in [0.717, 1.165) is 23.2 Å². The van der Waals surface area contributed by atoms with E-state index in [-0.39, 0.29) is 24.7 Å². The van der Waals surface area contributed by atoms with Crippen molar-refractivity contribution in [3.05, 3.63) is 71.3 Å². The Morgan fingerprint density at radius 2 is 1.60 bits per heavy atom. The van der Waals surface area contributed by atoms with Crippen LogP contribution >= 0.6 is 0 Å². The lowest BCUT2D eigenvalue weighted by Gasteiger charge is -2.48. The number of hydrogen-bond acceptors (Lipinski definition) is 3. The fourth-order valence-corrected chi connectivity index (χ4v) is 4.65. The minimum absolute atomic E-state index is 0.208. The summed E-state index contributed by atoms with van der Waals surface area (Å²) < 4.78 is 5.62. The summed E-state index contributed by atoms with van der Waals surface area (Å²) in [4.78, 5) is 12.3. The zero-order valence-electron chi connectivity index (χ0n) is 19.4. The Hall–Kier alpha value is -2.17. The molecule has 0 aromatic heterocycles. The zero-order chi connectivity index (χ0) is 22.4. The van der Waals surface area contributed by atoms with Gasteiger partial charge in [-0.1, -0.05) is 60.2 Å². The van der Waals surface area contributed by atoms with E-state index in [0.29, 0.717) is 17.4 Å². The second kappa shape index (κ2) is 10.2. The molecule has 4 heteroatoms. The molecule has 2 rings (SSSR count). The van der Waals surface area contributed by atoms with E-state index in [1.54, 1.807) is 0 Å². The van der Waals surface area contributed by atoms with E-state index in [1.165, 1.54) is 7.11 Å². The number of rotatable bonds is 10. The minimum atomic E-state index is -0.642. The molecule has 0 heterocycles. The molecule has 2 aromatic carbocycles. The van der Waals surface area contributed by atoms with Gasteiger partial charge in [-0.25, -0.2) is 4.79 Å². The zero-order valence-corrected chi connectivity index (χ0v) is 19.4. The van der Waals surface area contributed by atoms with E-state index in [9.17, 15) is 9.90 Å². The molecule has 2 aromatic rings. The van der Waals surface area contributed by atoms with Gasteiger partial charge in [-0.05, 0) is 45.7 Å². The molecule has 0 radical (unpaired) electrons. The van der Waals surface area contributed by atoms with Crippen LogP contribution in [-0.4, -0.2) is 49.3 Å². The Kier molecular flexibility index (Phi) is 8.22. The molecule has 0 fully saturated rings. The van der Waals surface area contributed by atoms with Crippen LogP contribution in [0.4, 0.5) is 0 Å². The number of carbonyl (C=O) groups is 1. The van der Waals surface area contributed by atoms with Crippen molar-refractivity contribution in [2.45, 2.75) is 58.5 Å². The van der Waals surface area contributed by atoms with Gasteiger partial charge < -0.3 is 14.3 Å². The van der Waals surface area contributed by atoms with Crippen LogP contribution in [0, 0.1) is 6.92 Å². The standard InChI is InChI=1S/C26H37NO3/c1-20(2)27(21(3)4,18-25(29)30-6)16-15-26(19-28,23-12-8-7-9-13-23)24-14-10-11-22(5)17-24/h7-14,17,20-21H,15-16,18-19H2,1-6H3. The smallest absolute Gasteiger partial charge is 0.361 e. The normalized spacial score (nSPS) is 14.0. The van der Waals surface area contributed by atoms with Gasteiger partial charge in [0, 0.05) is 11.8 Å². The van der Waals surface area contributed by atoms with Crippen molar-refractivity contribution in [2.75, 3.05) is 26.8 Å². The first kappa shape index (κ1) is 24.1. The second-order valence-electron chi connectivity index (χ2n) is 8.96. The molecule has 0 aliphatic rings. The predicted molar refractivity (Wildman–Crippen MR) is 120 cm³/mol. The van der Waals surface area contributed by atoms with Gasteiger partial charge in [-0.2, -0.15) is 0 Å². The number of benzene rings is 2. The number of carbonyl (C=O) groups excluding carboxylic acids is 1. The molecule has 4 nitrogen and oxygen atoms in total. The van der Waals surface area contributed by atoms with Crippen molar-refractivity contribution in [1.29, 1.82) is 0 Å². The van der Waals surface area contributed by atoms with Gasteiger partial charge in [0.05, 0.1) is 25.7 Å². The lowest BCUT2D eigenvalue weighted by molar-refractivity contribution is -0.960. The Bertz CT molecular complexity index is 808. The van der Waals surface area contributed by atoms with Gasteiger partial charge in [-0.15, -0.1) is 6.61 Å². The average Bonchev–Trinajstić information content (AvgIpc) is 2.73. The first-order valence-electron chi connectivity index (χ1n) is 10.9. The number of quaternary nitrogens is 1. The summed E-state index contributed by atoms with van der Waals surface area (Å²) >= 11 is 0. The lowest BCUT2D eigenvalue weighted by Crippen LogP contribution is -2.61. The SMILES string of the molecule is COC(=O)C[N+](CCC(C[O-])(c1ccccc1)c1cccc(C)c1)(C(C)C)C(C)C. The highest BCUT2D eigenvalue weighted by atomic mass is 16.5. The second-order valence-corrected chi connectivity index (χ2v) is 8.96. The van der Waals surface area contributed by atoms with Crippen LogP contribution in [-0.2, 0) is 14.9 Å². The van der Waals surface area contributed by atoms with E-state index < -0.39 is 5.41 Å². The fraction of sp³-hybridized carbons (Fsp3) is 0.500. The molecule has 0 saturated carbocycles. The van der Waals surface area contributed by atoms with Gasteiger partial charge in [-0.3, -0.25) is 0 Å². The van der Waals surface area contributed by atoms with Gasteiger partial charge in [0.15, 0.2) is 6.54 Å². The molecular weight excluding hydrogens is 374 g/mol.